The van der Waals surface area contributed by atoms with Crippen molar-refractivity contribution in [1.29, 1.82) is 0 Å². The fourth-order valence-electron chi connectivity index (χ4n) is 0. The molecular formula is Cl2OSSi. The van der Waals surface area contributed by atoms with Gasteiger partial charge in [0, 0.05) is 32.3 Å². The highest BCUT2D eigenvalue weighted by Crippen LogP contribution is 1.89. The van der Waals surface area contributed by atoms with Crippen molar-refractivity contribution in [2.75, 3.05) is 0 Å². The van der Waals surface area contributed by atoms with Crippen LogP contribution in [0.5, 0.6) is 0 Å². The van der Waals surface area contributed by atoms with Crippen molar-refractivity contribution < 1.29 is 4.21 Å². The van der Waals surface area contributed by atoms with Gasteiger partial charge in [-0.15, -0.1) is 0 Å². The lowest BCUT2D eigenvalue weighted by molar-refractivity contribution is 0.698. The van der Waals surface area contributed by atoms with Crippen LogP contribution in [0.4, 0.5) is 0 Å². The van der Waals surface area contributed by atoms with E-state index in [2.05, 4.69) is 21.4 Å². The Balaban J connectivity index is 0. The van der Waals surface area contributed by atoms with E-state index in [4.69, 9.17) is 4.21 Å². The van der Waals surface area contributed by atoms with E-state index >= 15 is 0 Å². The molecule has 0 saturated heterocycles. The van der Waals surface area contributed by atoms with Crippen molar-refractivity contribution in [2.45, 2.75) is 0 Å². The van der Waals surface area contributed by atoms with Crippen molar-refractivity contribution in [3.63, 3.8) is 0 Å². The van der Waals surface area contributed by atoms with Gasteiger partial charge in [0.1, 0.15) is 0 Å². The Hall–Kier alpha value is 0.947. The van der Waals surface area contributed by atoms with Crippen LogP contribution < -0.4 is 0 Å². The highest BCUT2D eigenvalue weighted by molar-refractivity contribution is 8.26. The van der Waals surface area contributed by atoms with Crippen molar-refractivity contribution in [3.8, 4) is 0 Å². The summed E-state index contributed by atoms with van der Waals surface area (Å²) in [6.07, 6.45) is 0. The lowest BCUT2D eigenvalue weighted by atomic mass is 16.0. The molecule has 0 aromatic rings. The highest BCUT2D eigenvalue weighted by atomic mass is 36.0. The molecule has 0 aliphatic carbocycles. The molecule has 0 aromatic carbocycles. The van der Waals surface area contributed by atoms with E-state index in [-0.39, 0.29) is 11.0 Å². The maximum atomic E-state index is 9.09. The number of rotatable bonds is 0. The van der Waals surface area contributed by atoms with E-state index < -0.39 is 9.23 Å². The van der Waals surface area contributed by atoms with Gasteiger partial charge in [-0.25, -0.2) is 4.21 Å². The average molecular weight is 147 g/mol. The van der Waals surface area contributed by atoms with Crippen LogP contribution in [0.1, 0.15) is 0 Å². The van der Waals surface area contributed by atoms with Crippen molar-refractivity contribution >= 4 is 41.6 Å². The first-order chi connectivity index (χ1) is 1.73. The molecule has 0 aliphatic rings. The molecule has 0 N–H and O–H groups in total. The van der Waals surface area contributed by atoms with Crippen molar-refractivity contribution in [2.24, 2.45) is 0 Å². The summed E-state index contributed by atoms with van der Waals surface area (Å²) in [6.45, 7) is 0. The standard InChI is InChI=1S/Cl2OS.Si/c1-4(2)3;. The van der Waals surface area contributed by atoms with Gasteiger partial charge in [-0.1, -0.05) is 0 Å². The third kappa shape index (κ3) is 47.9. The Morgan fingerprint density at radius 2 is 1.40 bits per heavy atom. The molecule has 0 bridgehead atoms. The zero-order valence-corrected chi connectivity index (χ0v) is 5.40. The number of halogens is 2. The third-order valence-electron chi connectivity index (χ3n) is 0. The van der Waals surface area contributed by atoms with E-state index in [9.17, 15) is 0 Å². The fraction of sp³-hybridized carbons (Fsp3) is 0. The second kappa shape index (κ2) is 4.95. The van der Waals surface area contributed by atoms with Gasteiger partial charge in [0.05, 0.1) is 0 Å². The Labute approximate surface area is 46.1 Å². The van der Waals surface area contributed by atoms with Crippen molar-refractivity contribution in [1.82, 2.24) is 0 Å². The highest BCUT2D eigenvalue weighted by Gasteiger charge is 1.67. The second-order valence-electron chi connectivity index (χ2n) is 0.184. The molecule has 0 fully saturated rings. The first-order valence-corrected chi connectivity index (χ1v) is 3.28. The molecule has 4 radical (unpaired) electrons. The van der Waals surface area contributed by atoms with E-state index in [1.807, 2.05) is 0 Å². The normalized spacial score (nSPS) is 7.00. The Morgan fingerprint density at radius 3 is 1.40 bits per heavy atom. The summed E-state index contributed by atoms with van der Waals surface area (Å²) in [5.41, 5.74) is 0. The van der Waals surface area contributed by atoms with Gasteiger partial charge < -0.3 is 0 Å². The van der Waals surface area contributed by atoms with Gasteiger partial charge in [-0.05, 0) is 0 Å². The predicted octanol–water partition coefficient (Wildman–Crippen LogP) is 0.662. The predicted molar refractivity (Wildman–Crippen MR) is 25.6 cm³/mol. The smallest absolute Gasteiger partial charge is 0.211 e. The van der Waals surface area contributed by atoms with Gasteiger partial charge in [0.25, 0.3) is 0 Å². The fourth-order valence-corrected chi connectivity index (χ4v) is 0. The van der Waals surface area contributed by atoms with Gasteiger partial charge in [-0.2, -0.15) is 0 Å². The van der Waals surface area contributed by atoms with Crippen LogP contribution in [0, 0.1) is 0 Å². The largest absolute Gasteiger partial charge is 0.225 e. The Bertz CT molecular complexity index is 32.6. The molecular weight excluding hydrogens is 147 g/mol. The summed E-state index contributed by atoms with van der Waals surface area (Å²) in [5, 5.41) is 0. The Morgan fingerprint density at radius 1 is 1.40 bits per heavy atom. The van der Waals surface area contributed by atoms with E-state index in [1.165, 1.54) is 0 Å². The van der Waals surface area contributed by atoms with Crippen LogP contribution >= 0.6 is 21.4 Å². The van der Waals surface area contributed by atoms with Gasteiger partial charge in [0.15, 0.2) is 0 Å². The zero-order valence-electron chi connectivity index (χ0n) is 2.07. The van der Waals surface area contributed by atoms with Gasteiger partial charge in [-0.3, -0.25) is 0 Å². The first-order valence-electron chi connectivity index (χ1n) is 0.475. The molecule has 0 spiro atoms. The summed E-state index contributed by atoms with van der Waals surface area (Å²) < 4.78 is 9.09. The molecule has 0 aliphatic heterocycles. The minimum Gasteiger partial charge on any atom is -0.225 e. The van der Waals surface area contributed by atoms with Crippen molar-refractivity contribution in [3.05, 3.63) is 0 Å². The van der Waals surface area contributed by atoms with Crippen LogP contribution in [-0.4, -0.2) is 15.2 Å². The maximum absolute atomic E-state index is 9.09. The molecule has 0 rings (SSSR count). The molecule has 0 heterocycles. The monoisotopic (exact) mass is 146 g/mol. The molecule has 30 valence electrons. The maximum Gasteiger partial charge on any atom is 0.211 e. The molecule has 0 unspecified atom stereocenters. The molecule has 5 heavy (non-hydrogen) atoms. The van der Waals surface area contributed by atoms with Crippen LogP contribution in [0.3, 0.4) is 0 Å². The minimum absolute atomic E-state index is 0. The minimum atomic E-state index is -1.67. The van der Waals surface area contributed by atoms with Gasteiger partial charge >= 0.3 is 0 Å². The quantitative estimate of drug-likeness (QED) is 0.363. The molecule has 0 amide bonds. The lowest BCUT2D eigenvalue weighted by Crippen LogP contribution is -1.41. The molecule has 0 aromatic heterocycles. The SMILES string of the molecule is O=S(Cl)Cl.[Si]. The number of hydrogen-bond donors (Lipinski definition) is 0. The van der Waals surface area contributed by atoms with Crippen LogP contribution in [0.2, 0.25) is 0 Å². The number of hydrogen-bond acceptors (Lipinski definition) is 1. The first kappa shape index (κ1) is 9.34. The summed E-state index contributed by atoms with van der Waals surface area (Å²) >= 11 is 0. The van der Waals surface area contributed by atoms with Gasteiger partial charge in [0.2, 0.25) is 9.23 Å². The zero-order chi connectivity index (χ0) is 3.58. The topological polar surface area (TPSA) is 17.1 Å². The average Bonchev–Trinajstić information content (AvgIpc) is 0.811. The Kier molecular flexibility index (Phi) is 9.24. The molecule has 1 nitrogen and oxygen atoms in total. The summed E-state index contributed by atoms with van der Waals surface area (Å²) in [6, 6.07) is 0. The molecule has 5 heteroatoms. The van der Waals surface area contributed by atoms with Crippen LogP contribution in [0.15, 0.2) is 0 Å². The molecule has 0 atom stereocenters. The van der Waals surface area contributed by atoms with Crippen LogP contribution in [0.25, 0.3) is 0 Å². The second-order valence-corrected chi connectivity index (χ2v) is 2.71. The lowest BCUT2D eigenvalue weighted by Gasteiger charge is -1.50. The molecule has 0 saturated carbocycles. The summed E-state index contributed by atoms with van der Waals surface area (Å²) in [4.78, 5) is 0. The third-order valence-corrected chi connectivity index (χ3v) is 0. The van der Waals surface area contributed by atoms with E-state index in [0.29, 0.717) is 0 Å². The summed E-state index contributed by atoms with van der Waals surface area (Å²) in [5.74, 6) is 0. The van der Waals surface area contributed by atoms with E-state index in [1.54, 1.807) is 0 Å². The van der Waals surface area contributed by atoms with E-state index in [0.717, 1.165) is 0 Å². The summed E-state index contributed by atoms with van der Waals surface area (Å²) in [7, 11) is 7.36. The van der Waals surface area contributed by atoms with Crippen LogP contribution in [-0.2, 0) is 9.23 Å².